The SMILES string of the molecule is CCC(C#N)(CC)C(=O)Nc1cccc(SC)c1. The zero-order valence-electron chi connectivity index (χ0n) is 11.0. The highest BCUT2D eigenvalue weighted by atomic mass is 32.2. The number of hydrogen-bond acceptors (Lipinski definition) is 3. The number of benzene rings is 1. The summed E-state index contributed by atoms with van der Waals surface area (Å²) in [5.74, 6) is -0.215. The first-order valence-corrected chi connectivity index (χ1v) is 7.21. The number of amides is 1. The predicted molar refractivity (Wildman–Crippen MR) is 75.5 cm³/mol. The fourth-order valence-corrected chi connectivity index (χ4v) is 2.19. The van der Waals surface area contributed by atoms with Crippen LogP contribution in [0.4, 0.5) is 5.69 Å². The smallest absolute Gasteiger partial charge is 0.244 e. The van der Waals surface area contributed by atoms with E-state index in [0.29, 0.717) is 12.8 Å². The van der Waals surface area contributed by atoms with Crippen LogP contribution in [0.25, 0.3) is 0 Å². The second-order valence-electron chi connectivity index (χ2n) is 4.09. The van der Waals surface area contributed by atoms with E-state index in [-0.39, 0.29) is 5.91 Å². The molecule has 4 heteroatoms. The summed E-state index contributed by atoms with van der Waals surface area (Å²) in [6.07, 6.45) is 3.03. The zero-order valence-corrected chi connectivity index (χ0v) is 11.8. The summed E-state index contributed by atoms with van der Waals surface area (Å²) in [5, 5.41) is 12.0. The van der Waals surface area contributed by atoms with Gasteiger partial charge in [0, 0.05) is 10.6 Å². The van der Waals surface area contributed by atoms with Crippen molar-refractivity contribution in [3.63, 3.8) is 0 Å². The van der Waals surface area contributed by atoms with Gasteiger partial charge < -0.3 is 5.32 Å². The van der Waals surface area contributed by atoms with E-state index in [1.54, 1.807) is 11.8 Å². The van der Waals surface area contributed by atoms with Gasteiger partial charge in [-0.15, -0.1) is 11.8 Å². The molecule has 1 aromatic carbocycles. The lowest BCUT2D eigenvalue weighted by molar-refractivity contribution is -0.123. The summed E-state index contributed by atoms with van der Waals surface area (Å²) in [4.78, 5) is 13.3. The molecule has 0 saturated carbocycles. The number of nitrogens with zero attached hydrogens (tertiary/aromatic N) is 1. The average molecular weight is 262 g/mol. The molecule has 1 N–H and O–H groups in total. The van der Waals surface area contributed by atoms with Crippen molar-refractivity contribution in [2.45, 2.75) is 31.6 Å². The lowest BCUT2D eigenvalue weighted by atomic mass is 9.83. The molecule has 0 aliphatic heterocycles. The number of thioether (sulfide) groups is 1. The van der Waals surface area contributed by atoms with Crippen molar-refractivity contribution in [1.82, 2.24) is 0 Å². The van der Waals surface area contributed by atoms with Gasteiger partial charge in [-0.2, -0.15) is 5.26 Å². The Morgan fingerprint density at radius 1 is 1.44 bits per heavy atom. The molecule has 96 valence electrons. The van der Waals surface area contributed by atoms with E-state index in [1.807, 2.05) is 44.4 Å². The van der Waals surface area contributed by atoms with Crippen molar-refractivity contribution in [3.8, 4) is 6.07 Å². The van der Waals surface area contributed by atoms with Crippen molar-refractivity contribution in [2.75, 3.05) is 11.6 Å². The van der Waals surface area contributed by atoms with Crippen LogP contribution in [0.2, 0.25) is 0 Å². The van der Waals surface area contributed by atoms with Crippen LogP contribution in [0, 0.1) is 16.7 Å². The van der Waals surface area contributed by atoms with Gasteiger partial charge in [0.2, 0.25) is 5.91 Å². The molecular formula is C14H18N2OS. The van der Waals surface area contributed by atoms with Gasteiger partial charge in [0.25, 0.3) is 0 Å². The normalized spacial score (nSPS) is 10.8. The summed E-state index contributed by atoms with van der Waals surface area (Å²) < 4.78 is 0. The maximum absolute atomic E-state index is 12.2. The summed E-state index contributed by atoms with van der Waals surface area (Å²) >= 11 is 1.62. The molecular weight excluding hydrogens is 244 g/mol. The number of nitrogens with one attached hydrogen (secondary N) is 1. The van der Waals surface area contributed by atoms with Crippen LogP contribution in [0.1, 0.15) is 26.7 Å². The van der Waals surface area contributed by atoms with Gasteiger partial charge in [0.1, 0.15) is 5.41 Å². The van der Waals surface area contributed by atoms with E-state index in [2.05, 4.69) is 11.4 Å². The molecule has 3 nitrogen and oxygen atoms in total. The maximum Gasteiger partial charge on any atom is 0.244 e. The molecule has 0 heterocycles. The largest absolute Gasteiger partial charge is 0.325 e. The average Bonchev–Trinajstić information content (AvgIpc) is 2.41. The number of rotatable bonds is 5. The first-order chi connectivity index (χ1) is 8.61. The highest BCUT2D eigenvalue weighted by Crippen LogP contribution is 2.28. The second kappa shape index (κ2) is 6.46. The molecule has 0 bridgehead atoms. The van der Waals surface area contributed by atoms with Gasteiger partial charge in [0.15, 0.2) is 0 Å². The summed E-state index contributed by atoms with van der Waals surface area (Å²) in [7, 11) is 0. The highest BCUT2D eigenvalue weighted by molar-refractivity contribution is 7.98. The quantitative estimate of drug-likeness (QED) is 0.824. The number of anilines is 1. The Morgan fingerprint density at radius 2 is 2.11 bits per heavy atom. The third-order valence-corrected chi connectivity index (χ3v) is 3.91. The Hall–Kier alpha value is -1.47. The molecule has 0 aliphatic rings. The van der Waals surface area contributed by atoms with E-state index < -0.39 is 5.41 Å². The minimum atomic E-state index is -0.921. The number of carbonyl (C=O) groups excluding carboxylic acids is 1. The van der Waals surface area contributed by atoms with E-state index in [4.69, 9.17) is 0 Å². The molecule has 0 atom stereocenters. The molecule has 18 heavy (non-hydrogen) atoms. The fourth-order valence-electron chi connectivity index (χ4n) is 1.73. The minimum Gasteiger partial charge on any atom is -0.325 e. The van der Waals surface area contributed by atoms with Crippen molar-refractivity contribution in [2.24, 2.45) is 5.41 Å². The van der Waals surface area contributed by atoms with Crippen molar-refractivity contribution in [3.05, 3.63) is 24.3 Å². The van der Waals surface area contributed by atoms with Crippen LogP contribution in [0.3, 0.4) is 0 Å². The first kappa shape index (κ1) is 14.6. The van der Waals surface area contributed by atoms with Crippen molar-refractivity contribution < 1.29 is 4.79 Å². The molecule has 0 fully saturated rings. The molecule has 0 saturated heterocycles. The van der Waals surface area contributed by atoms with Crippen LogP contribution in [0.15, 0.2) is 29.2 Å². The Labute approximate surface area is 113 Å². The monoisotopic (exact) mass is 262 g/mol. The van der Waals surface area contributed by atoms with Gasteiger partial charge in [0.05, 0.1) is 6.07 Å². The Bertz CT molecular complexity index is 461. The Morgan fingerprint density at radius 3 is 2.61 bits per heavy atom. The maximum atomic E-state index is 12.2. The molecule has 0 spiro atoms. The van der Waals surface area contributed by atoms with Crippen LogP contribution in [-0.4, -0.2) is 12.2 Å². The van der Waals surface area contributed by atoms with Gasteiger partial charge in [-0.1, -0.05) is 19.9 Å². The first-order valence-electron chi connectivity index (χ1n) is 5.98. The summed E-state index contributed by atoms with van der Waals surface area (Å²) in [6, 6.07) is 9.78. The van der Waals surface area contributed by atoms with Crippen LogP contribution in [0.5, 0.6) is 0 Å². The van der Waals surface area contributed by atoms with Gasteiger partial charge in [-0.3, -0.25) is 4.79 Å². The van der Waals surface area contributed by atoms with E-state index >= 15 is 0 Å². The van der Waals surface area contributed by atoms with E-state index in [9.17, 15) is 10.1 Å². The molecule has 1 rings (SSSR count). The van der Waals surface area contributed by atoms with E-state index in [0.717, 1.165) is 10.6 Å². The molecule has 1 aromatic rings. The molecule has 0 aromatic heterocycles. The number of hydrogen-bond donors (Lipinski definition) is 1. The molecule has 1 amide bonds. The zero-order chi connectivity index (χ0) is 13.6. The molecule has 0 unspecified atom stereocenters. The fraction of sp³-hybridized carbons (Fsp3) is 0.429. The Kier molecular flexibility index (Phi) is 5.24. The van der Waals surface area contributed by atoms with Crippen molar-refractivity contribution in [1.29, 1.82) is 5.26 Å². The third kappa shape index (κ3) is 3.05. The second-order valence-corrected chi connectivity index (χ2v) is 4.97. The predicted octanol–water partition coefficient (Wildman–Crippen LogP) is 3.68. The summed E-state index contributed by atoms with van der Waals surface area (Å²) in [6.45, 7) is 3.73. The van der Waals surface area contributed by atoms with E-state index in [1.165, 1.54) is 0 Å². The van der Waals surface area contributed by atoms with Crippen LogP contribution >= 0.6 is 11.8 Å². The van der Waals surface area contributed by atoms with Crippen LogP contribution in [-0.2, 0) is 4.79 Å². The van der Waals surface area contributed by atoms with Crippen molar-refractivity contribution >= 4 is 23.4 Å². The molecule has 0 aliphatic carbocycles. The molecule has 0 radical (unpaired) electrons. The van der Waals surface area contributed by atoms with Gasteiger partial charge >= 0.3 is 0 Å². The highest BCUT2D eigenvalue weighted by Gasteiger charge is 2.34. The summed E-state index contributed by atoms with van der Waals surface area (Å²) in [5.41, 5.74) is -0.177. The topological polar surface area (TPSA) is 52.9 Å². The van der Waals surface area contributed by atoms with Crippen LogP contribution < -0.4 is 5.32 Å². The van der Waals surface area contributed by atoms with Gasteiger partial charge in [-0.25, -0.2) is 0 Å². The third-order valence-electron chi connectivity index (χ3n) is 3.18. The Balaban J connectivity index is 2.90. The number of nitriles is 1. The lowest BCUT2D eigenvalue weighted by Gasteiger charge is -2.22. The number of carbonyl (C=O) groups is 1. The standard InChI is InChI=1S/C14H18N2OS/c1-4-14(5-2,10-15)13(17)16-11-7-6-8-12(9-11)18-3/h6-9H,4-5H2,1-3H3,(H,16,17). The lowest BCUT2D eigenvalue weighted by Crippen LogP contribution is -2.33. The minimum absolute atomic E-state index is 0.215. The van der Waals surface area contributed by atoms with Gasteiger partial charge in [-0.05, 0) is 37.3 Å².